The van der Waals surface area contributed by atoms with Gasteiger partial charge in [-0.15, -0.1) is 0 Å². The first-order valence-electron chi connectivity index (χ1n) is 12.6. The normalized spacial score (nSPS) is 14.5. The summed E-state index contributed by atoms with van der Waals surface area (Å²) in [6.45, 7) is 3.90. The standard InChI is InChI=1S/C31H26FN5O/c1-3-30(38)36-23-12-20(15-33-17-23)21-13-27-25(10-18(2)35-31(27)34-16-21)29-14-26-24(8-5-9-28(26)37-29)19-6-4-7-22(32)11-19/h4-18,37H,3H2,1-2H3,(H,34,35)(H,36,38). The van der Waals surface area contributed by atoms with Crippen molar-refractivity contribution in [2.75, 3.05) is 10.6 Å². The van der Waals surface area contributed by atoms with Crippen LogP contribution in [0.1, 0.15) is 31.5 Å². The van der Waals surface area contributed by atoms with Crippen LogP contribution in [0.4, 0.5) is 15.9 Å². The zero-order chi connectivity index (χ0) is 26.2. The number of carbonyl (C=O) groups excluding carboxylic acids is 1. The summed E-state index contributed by atoms with van der Waals surface area (Å²) in [5, 5.41) is 7.34. The third-order valence-corrected chi connectivity index (χ3v) is 6.73. The Kier molecular flexibility index (Phi) is 5.96. The van der Waals surface area contributed by atoms with Gasteiger partial charge in [0, 0.05) is 63.7 Å². The molecule has 7 heteroatoms. The van der Waals surface area contributed by atoms with E-state index in [1.54, 1.807) is 24.5 Å². The fraction of sp³-hybridized carbons (Fsp3) is 0.129. The molecule has 0 bridgehead atoms. The number of amides is 1. The summed E-state index contributed by atoms with van der Waals surface area (Å²) >= 11 is 0. The highest BCUT2D eigenvalue weighted by molar-refractivity contribution is 6.00. The Morgan fingerprint density at radius 2 is 1.82 bits per heavy atom. The van der Waals surface area contributed by atoms with Gasteiger partial charge in [0.05, 0.1) is 11.9 Å². The first kappa shape index (κ1) is 23.6. The first-order valence-corrected chi connectivity index (χ1v) is 12.6. The second-order valence-electron chi connectivity index (χ2n) is 9.46. The minimum atomic E-state index is -0.259. The fourth-order valence-electron chi connectivity index (χ4n) is 4.90. The number of rotatable bonds is 5. The lowest BCUT2D eigenvalue weighted by molar-refractivity contribution is -0.115. The molecule has 38 heavy (non-hydrogen) atoms. The van der Waals surface area contributed by atoms with Crippen LogP contribution >= 0.6 is 0 Å². The van der Waals surface area contributed by atoms with Crippen molar-refractivity contribution in [3.8, 4) is 22.3 Å². The maximum absolute atomic E-state index is 14.0. The number of fused-ring (bicyclic) bond motifs is 2. The predicted octanol–water partition coefficient (Wildman–Crippen LogP) is 7.03. The number of nitrogens with zero attached hydrogens (tertiary/aromatic N) is 2. The first-order chi connectivity index (χ1) is 18.5. The van der Waals surface area contributed by atoms with E-state index in [1.807, 2.05) is 43.5 Å². The molecule has 1 atom stereocenters. The van der Waals surface area contributed by atoms with Crippen LogP contribution in [0.3, 0.4) is 0 Å². The van der Waals surface area contributed by atoms with Crippen molar-refractivity contribution in [1.82, 2.24) is 15.0 Å². The molecule has 5 aromatic rings. The Balaban J connectivity index is 1.43. The topological polar surface area (TPSA) is 82.7 Å². The summed E-state index contributed by atoms with van der Waals surface area (Å²) in [5.41, 5.74) is 8.13. The Morgan fingerprint density at radius 3 is 2.66 bits per heavy atom. The summed E-state index contributed by atoms with van der Waals surface area (Å²) < 4.78 is 14.0. The minimum Gasteiger partial charge on any atom is -0.364 e. The molecule has 0 radical (unpaired) electrons. The van der Waals surface area contributed by atoms with Gasteiger partial charge in [0.2, 0.25) is 5.91 Å². The van der Waals surface area contributed by atoms with E-state index in [-0.39, 0.29) is 17.8 Å². The van der Waals surface area contributed by atoms with Crippen LogP contribution in [-0.2, 0) is 4.79 Å². The second-order valence-corrected chi connectivity index (χ2v) is 9.46. The molecule has 188 valence electrons. The third kappa shape index (κ3) is 4.43. The lowest BCUT2D eigenvalue weighted by Crippen LogP contribution is -2.19. The highest BCUT2D eigenvalue weighted by Gasteiger charge is 2.22. The summed E-state index contributed by atoms with van der Waals surface area (Å²) in [7, 11) is 0. The van der Waals surface area contributed by atoms with Gasteiger partial charge < -0.3 is 15.6 Å². The molecule has 3 N–H and O–H groups in total. The molecule has 1 aliphatic rings. The maximum atomic E-state index is 14.0. The number of aromatic amines is 1. The molecule has 0 saturated heterocycles. The van der Waals surface area contributed by atoms with Crippen LogP contribution < -0.4 is 10.6 Å². The molecule has 0 saturated carbocycles. The van der Waals surface area contributed by atoms with E-state index >= 15 is 0 Å². The van der Waals surface area contributed by atoms with Crippen LogP contribution in [0.2, 0.25) is 0 Å². The number of hydrogen-bond acceptors (Lipinski definition) is 4. The van der Waals surface area contributed by atoms with Gasteiger partial charge in [-0.1, -0.05) is 37.3 Å². The molecule has 3 aromatic heterocycles. The molecule has 1 amide bonds. The monoisotopic (exact) mass is 503 g/mol. The number of anilines is 2. The van der Waals surface area contributed by atoms with Gasteiger partial charge in [-0.05, 0) is 54.4 Å². The molecule has 0 fully saturated rings. The van der Waals surface area contributed by atoms with Crippen molar-refractivity contribution in [3.63, 3.8) is 0 Å². The number of benzene rings is 2. The van der Waals surface area contributed by atoms with Crippen molar-refractivity contribution >= 4 is 33.9 Å². The molecular formula is C31H26FN5O. The lowest BCUT2D eigenvalue weighted by Gasteiger charge is -2.23. The molecule has 0 aliphatic carbocycles. The zero-order valence-corrected chi connectivity index (χ0v) is 21.0. The average molecular weight is 504 g/mol. The van der Waals surface area contributed by atoms with Gasteiger partial charge in [0.1, 0.15) is 11.6 Å². The molecule has 1 unspecified atom stereocenters. The van der Waals surface area contributed by atoms with Crippen LogP contribution in [0.15, 0.2) is 85.3 Å². The minimum absolute atomic E-state index is 0.0626. The highest BCUT2D eigenvalue weighted by Crippen LogP contribution is 2.38. The summed E-state index contributed by atoms with van der Waals surface area (Å²) in [5.74, 6) is 0.476. The Labute approximate surface area is 219 Å². The maximum Gasteiger partial charge on any atom is 0.224 e. The van der Waals surface area contributed by atoms with Gasteiger partial charge in [0.25, 0.3) is 0 Å². The van der Waals surface area contributed by atoms with Crippen LogP contribution in [0, 0.1) is 5.82 Å². The SMILES string of the molecule is CCC(=O)Nc1cncc(-c2cnc3c(c2)C(c2cc4c(-c5cccc(F)c5)cccc4[nH]2)=CC(C)N3)c1. The van der Waals surface area contributed by atoms with Crippen molar-refractivity contribution in [1.29, 1.82) is 0 Å². The number of nitrogens with one attached hydrogen (secondary N) is 3. The molecule has 1 aliphatic heterocycles. The van der Waals surface area contributed by atoms with E-state index in [4.69, 9.17) is 4.98 Å². The molecule has 6 rings (SSSR count). The number of carbonyl (C=O) groups is 1. The van der Waals surface area contributed by atoms with Gasteiger partial charge in [-0.2, -0.15) is 0 Å². The Morgan fingerprint density at radius 1 is 0.974 bits per heavy atom. The van der Waals surface area contributed by atoms with Crippen LogP contribution in [-0.4, -0.2) is 26.9 Å². The van der Waals surface area contributed by atoms with E-state index in [0.717, 1.165) is 55.8 Å². The zero-order valence-electron chi connectivity index (χ0n) is 21.0. The number of pyridine rings is 2. The fourth-order valence-corrected chi connectivity index (χ4v) is 4.90. The number of H-pyrrole nitrogens is 1. The Bertz CT molecular complexity index is 1720. The molecule has 2 aromatic carbocycles. The molecule has 4 heterocycles. The summed E-state index contributed by atoms with van der Waals surface area (Å²) in [4.78, 5) is 24.5. The molecule has 6 nitrogen and oxygen atoms in total. The van der Waals surface area contributed by atoms with Gasteiger partial charge in [-0.25, -0.2) is 9.37 Å². The van der Waals surface area contributed by atoms with E-state index in [0.29, 0.717) is 12.1 Å². The lowest BCUT2D eigenvalue weighted by atomic mass is 9.94. The van der Waals surface area contributed by atoms with Gasteiger partial charge in [0.15, 0.2) is 0 Å². The van der Waals surface area contributed by atoms with Crippen LogP contribution in [0.25, 0.3) is 38.7 Å². The summed E-state index contributed by atoms with van der Waals surface area (Å²) in [6.07, 6.45) is 7.79. The van der Waals surface area contributed by atoms with Crippen molar-refractivity contribution in [2.24, 2.45) is 0 Å². The smallest absolute Gasteiger partial charge is 0.224 e. The van der Waals surface area contributed by atoms with Gasteiger partial charge in [-0.3, -0.25) is 9.78 Å². The Hall–Kier alpha value is -4.78. The largest absolute Gasteiger partial charge is 0.364 e. The van der Waals surface area contributed by atoms with E-state index < -0.39 is 0 Å². The third-order valence-electron chi connectivity index (χ3n) is 6.73. The van der Waals surface area contributed by atoms with Crippen LogP contribution in [0.5, 0.6) is 0 Å². The number of aromatic nitrogens is 3. The predicted molar refractivity (Wildman–Crippen MR) is 150 cm³/mol. The number of halogens is 1. The van der Waals surface area contributed by atoms with Crippen molar-refractivity contribution < 1.29 is 9.18 Å². The summed E-state index contributed by atoms with van der Waals surface area (Å²) in [6, 6.07) is 18.9. The average Bonchev–Trinajstić information content (AvgIpc) is 3.37. The number of hydrogen-bond donors (Lipinski definition) is 3. The van der Waals surface area contributed by atoms with Crippen molar-refractivity contribution in [3.05, 3.63) is 102 Å². The van der Waals surface area contributed by atoms with Gasteiger partial charge >= 0.3 is 0 Å². The molecular weight excluding hydrogens is 477 g/mol. The highest BCUT2D eigenvalue weighted by atomic mass is 19.1. The van der Waals surface area contributed by atoms with E-state index in [9.17, 15) is 9.18 Å². The quantitative estimate of drug-likeness (QED) is 0.241. The molecule has 0 spiro atoms. The van der Waals surface area contributed by atoms with Crippen molar-refractivity contribution in [2.45, 2.75) is 26.3 Å². The second kappa shape index (κ2) is 9.59. The van der Waals surface area contributed by atoms with E-state index in [2.05, 4.69) is 45.7 Å². The van der Waals surface area contributed by atoms with E-state index in [1.165, 1.54) is 6.07 Å².